The van der Waals surface area contributed by atoms with Crippen LogP contribution in [0.3, 0.4) is 0 Å². The van der Waals surface area contributed by atoms with E-state index in [1.165, 1.54) is 24.3 Å². The molecule has 0 fully saturated rings. The molecule has 0 spiro atoms. The van der Waals surface area contributed by atoms with Gasteiger partial charge in [0.1, 0.15) is 21.3 Å². The van der Waals surface area contributed by atoms with Gasteiger partial charge in [-0.25, -0.2) is 0 Å². The fourth-order valence-corrected chi connectivity index (χ4v) is 3.88. The summed E-state index contributed by atoms with van der Waals surface area (Å²) in [6.07, 6.45) is 0. The Morgan fingerprint density at radius 3 is 1.23 bits per heavy atom. The van der Waals surface area contributed by atoms with Gasteiger partial charge >= 0.3 is 37.7 Å². The average molecular weight is 502 g/mol. The van der Waals surface area contributed by atoms with E-state index < -0.39 is 53.1 Å². The number of carbonyl (C=O) groups is 2. The van der Waals surface area contributed by atoms with Crippen molar-refractivity contribution >= 4 is 69.9 Å². The fraction of sp³-hybridized carbons (Fsp3) is 0.125. The average Bonchev–Trinajstić information content (AvgIpc) is 2.65. The van der Waals surface area contributed by atoms with Crippen LogP contribution in [0.5, 0.6) is 11.5 Å². The molecule has 0 atom stereocenters. The monoisotopic (exact) mass is 502 g/mol. The molecule has 0 aliphatic carbocycles. The molecule has 0 saturated carbocycles. The zero-order chi connectivity index (χ0) is 23.3. The predicted octanol–water partition coefficient (Wildman–Crippen LogP) is -1.77. The third-order valence-corrected chi connectivity index (χ3v) is 5.23. The second-order valence-corrected chi connectivity index (χ2v) is 7.92. The molecule has 164 valence electrons. The van der Waals surface area contributed by atoms with Crippen LogP contribution in [0.2, 0.25) is 0 Å². The van der Waals surface area contributed by atoms with Crippen molar-refractivity contribution in [1.29, 1.82) is 0 Å². The maximum absolute atomic E-state index is 10.9. The molecule has 2 N–H and O–H groups in total. The summed E-state index contributed by atoms with van der Waals surface area (Å²) in [5.41, 5.74) is -1.28. The van der Waals surface area contributed by atoms with Gasteiger partial charge in [0.15, 0.2) is 0 Å². The van der Waals surface area contributed by atoms with E-state index in [0.29, 0.717) is 0 Å². The Morgan fingerprint density at radius 2 is 1.03 bits per heavy atom. The summed E-state index contributed by atoms with van der Waals surface area (Å²) in [7, 11) is -7.02. The van der Waals surface area contributed by atoms with Crippen molar-refractivity contribution in [1.82, 2.24) is 0 Å². The van der Waals surface area contributed by atoms with Crippen LogP contribution < -0.4 is 19.7 Å². The van der Waals surface area contributed by atoms with Crippen LogP contribution in [0.15, 0.2) is 46.2 Å². The number of carboxylic acid groups (broad SMARTS) is 2. The fourth-order valence-electron chi connectivity index (χ4n) is 2.21. The quantitative estimate of drug-likeness (QED) is 0.332. The number of benzene rings is 2. The molecule has 0 amide bonds. The number of hydrogen-bond acceptors (Lipinski definition) is 10. The van der Waals surface area contributed by atoms with Crippen molar-refractivity contribution in [2.75, 3.05) is 14.2 Å². The minimum absolute atomic E-state index is 0. The first-order valence-corrected chi connectivity index (χ1v) is 10.3. The van der Waals surface area contributed by atoms with Crippen LogP contribution >= 0.6 is 0 Å². The van der Waals surface area contributed by atoms with E-state index in [-0.39, 0.29) is 49.2 Å². The zero-order valence-corrected chi connectivity index (χ0v) is 19.8. The maximum Gasteiger partial charge on any atom is 2.00 e. The van der Waals surface area contributed by atoms with Crippen molar-refractivity contribution in [2.45, 2.75) is 9.79 Å². The van der Waals surface area contributed by atoms with Gasteiger partial charge in [-0.15, -0.1) is 0 Å². The number of carboxylic acids is 2. The SMILES string of the molecule is COc1cccc(C(=O)[O-])c1S(=O)(=O)O.COc1cccc(C(=O)[O-])c1S(=O)(=O)O.[Ca+2]. The predicted molar refractivity (Wildman–Crippen MR) is 100 cm³/mol. The van der Waals surface area contributed by atoms with Crippen LogP contribution in [0, 0.1) is 0 Å². The number of hydrogen-bond donors (Lipinski definition) is 2. The summed E-state index contributed by atoms with van der Waals surface area (Å²) >= 11 is 0. The Morgan fingerprint density at radius 1 is 0.742 bits per heavy atom. The van der Waals surface area contributed by atoms with Gasteiger partial charge < -0.3 is 29.3 Å². The number of aromatic carboxylic acids is 2. The van der Waals surface area contributed by atoms with Gasteiger partial charge in [0, 0.05) is 11.1 Å². The Balaban J connectivity index is 0.000000562. The van der Waals surface area contributed by atoms with Gasteiger partial charge in [-0.3, -0.25) is 9.11 Å². The molecule has 0 aromatic heterocycles. The van der Waals surface area contributed by atoms with Gasteiger partial charge in [-0.2, -0.15) is 16.8 Å². The van der Waals surface area contributed by atoms with Crippen molar-refractivity contribution in [2.24, 2.45) is 0 Å². The number of rotatable bonds is 6. The summed E-state index contributed by atoms with van der Waals surface area (Å²) in [6.45, 7) is 0. The van der Waals surface area contributed by atoms with Gasteiger partial charge in [0.25, 0.3) is 20.2 Å². The molecule has 2 aromatic rings. The Labute approximate surface area is 206 Å². The van der Waals surface area contributed by atoms with Crippen molar-refractivity contribution in [3.8, 4) is 11.5 Å². The van der Waals surface area contributed by atoms with E-state index in [1.807, 2.05) is 0 Å². The second-order valence-electron chi connectivity index (χ2n) is 5.20. The van der Waals surface area contributed by atoms with E-state index in [1.54, 1.807) is 0 Å². The normalized spacial score (nSPS) is 10.7. The smallest absolute Gasteiger partial charge is 0.545 e. The van der Waals surface area contributed by atoms with Crippen LogP contribution in [0.25, 0.3) is 0 Å². The molecular weight excluding hydrogens is 488 g/mol. The van der Waals surface area contributed by atoms with Gasteiger partial charge in [0.05, 0.1) is 26.2 Å². The standard InChI is InChI=1S/2C8H8O6S.Ca/c2*1-14-6-4-2-3-5(8(9)10)7(6)15(11,12)13;/h2*2-4H,1H3,(H,9,10)(H,11,12,13);/q;;+2/p-2. The zero-order valence-electron chi connectivity index (χ0n) is 16.0. The largest absolute Gasteiger partial charge is 2.00 e. The molecular formula is C16H14CaO12S2. The van der Waals surface area contributed by atoms with E-state index in [0.717, 1.165) is 26.4 Å². The van der Waals surface area contributed by atoms with Crippen LogP contribution in [-0.4, -0.2) is 89.8 Å². The van der Waals surface area contributed by atoms with Gasteiger partial charge in [-0.1, -0.05) is 24.3 Å². The molecule has 0 unspecified atom stereocenters. The molecule has 0 saturated heterocycles. The number of methoxy groups -OCH3 is 2. The Kier molecular flexibility index (Phi) is 10.9. The van der Waals surface area contributed by atoms with Crippen molar-refractivity contribution in [3.05, 3.63) is 47.5 Å². The first-order chi connectivity index (χ1) is 13.8. The molecule has 0 aliphatic heterocycles. The molecule has 12 nitrogen and oxygen atoms in total. The molecule has 2 rings (SSSR count). The minimum atomic E-state index is -4.67. The molecule has 0 heterocycles. The molecule has 0 aliphatic rings. The molecule has 2 aromatic carbocycles. The molecule has 15 heteroatoms. The molecule has 0 bridgehead atoms. The van der Waals surface area contributed by atoms with E-state index in [2.05, 4.69) is 9.47 Å². The van der Waals surface area contributed by atoms with Crippen molar-refractivity contribution < 1.29 is 55.2 Å². The Bertz CT molecular complexity index is 1080. The third-order valence-electron chi connectivity index (χ3n) is 3.35. The summed E-state index contributed by atoms with van der Waals surface area (Å²) in [5, 5.41) is 21.2. The summed E-state index contributed by atoms with van der Waals surface area (Å²) in [4.78, 5) is 19.6. The number of ether oxygens (including phenoxy) is 2. The first-order valence-electron chi connectivity index (χ1n) is 7.47. The van der Waals surface area contributed by atoms with Crippen LogP contribution in [-0.2, 0) is 20.2 Å². The number of carbonyl (C=O) groups excluding carboxylic acids is 2. The van der Waals surface area contributed by atoms with Crippen LogP contribution in [0.4, 0.5) is 0 Å². The summed E-state index contributed by atoms with van der Waals surface area (Å²) in [6, 6.07) is 6.99. The summed E-state index contributed by atoms with van der Waals surface area (Å²) < 4.78 is 70.6. The molecule has 0 radical (unpaired) electrons. The topological polar surface area (TPSA) is 207 Å². The van der Waals surface area contributed by atoms with Crippen molar-refractivity contribution in [3.63, 3.8) is 0 Å². The van der Waals surface area contributed by atoms with Gasteiger partial charge in [-0.05, 0) is 12.1 Å². The van der Waals surface area contributed by atoms with E-state index in [4.69, 9.17) is 9.11 Å². The first kappa shape index (κ1) is 29.1. The summed E-state index contributed by atoms with van der Waals surface area (Å²) in [5.74, 6) is -3.92. The van der Waals surface area contributed by atoms with E-state index >= 15 is 0 Å². The van der Waals surface area contributed by atoms with E-state index in [9.17, 15) is 36.6 Å². The maximum atomic E-state index is 10.9. The minimum Gasteiger partial charge on any atom is -0.545 e. The Hall–Kier alpha value is -1.94. The van der Waals surface area contributed by atoms with Gasteiger partial charge in [0.2, 0.25) is 0 Å². The molecule has 31 heavy (non-hydrogen) atoms. The van der Waals surface area contributed by atoms with Crippen LogP contribution in [0.1, 0.15) is 20.7 Å². The third kappa shape index (κ3) is 7.60. The second kappa shape index (κ2) is 11.6.